The van der Waals surface area contributed by atoms with Crippen molar-refractivity contribution in [3.63, 3.8) is 0 Å². The van der Waals surface area contributed by atoms with Crippen LogP contribution in [-0.2, 0) is 14.3 Å². The van der Waals surface area contributed by atoms with E-state index in [0.717, 1.165) is 38.5 Å². The van der Waals surface area contributed by atoms with Crippen LogP contribution >= 0.6 is 0 Å². The molecule has 2 atom stereocenters. The minimum Gasteiger partial charge on any atom is -0.466 e. The zero-order chi connectivity index (χ0) is 58.5. The van der Waals surface area contributed by atoms with Gasteiger partial charge in [0.1, 0.15) is 0 Å². The van der Waals surface area contributed by atoms with Gasteiger partial charge in [0.25, 0.3) is 0 Å². The number of hydrogen-bond donors (Lipinski definition) is 3. The molecule has 0 rings (SSSR count). The van der Waals surface area contributed by atoms with Gasteiger partial charge >= 0.3 is 5.97 Å². The van der Waals surface area contributed by atoms with E-state index in [1.807, 2.05) is 0 Å². The Morgan fingerprint density at radius 3 is 0.753 bits per heavy atom. The molecular weight excluding hydrogens is 995 g/mol. The van der Waals surface area contributed by atoms with Crippen molar-refractivity contribution in [3.8, 4) is 0 Å². The maximum atomic E-state index is 12.5. The van der Waals surface area contributed by atoms with Crippen molar-refractivity contribution in [3.05, 3.63) is 0 Å². The van der Waals surface area contributed by atoms with Crippen molar-refractivity contribution in [2.45, 2.75) is 456 Å². The molecule has 0 spiro atoms. The largest absolute Gasteiger partial charge is 0.466 e. The van der Waals surface area contributed by atoms with Gasteiger partial charge in [-0.3, -0.25) is 9.59 Å². The van der Waals surface area contributed by atoms with Gasteiger partial charge in [0, 0.05) is 12.8 Å². The Hall–Kier alpha value is -1.14. The summed E-state index contributed by atoms with van der Waals surface area (Å²) in [7, 11) is 0. The van der Waals surface area contributed by atoms with Crippen LogP contribution in [-0.4, -0.2) is 47.4 Å². The fourth-order valence-electron chi connectivity index (χ4n) is 12.4. The summed E-state index contributed by atoms with van der Waals surface area (Å²) >= 11 is 0. The number of carbonyl (C=O) groups is 2. The summed E-state index contributed by atoms with van der Waals surface area (Å²) in [6, 6.07) is -0.537. The van der Waals surface area contributed by atoms with Crippen molar-refractivity contribution >= 4 is 11.9 Å². The second-order valence-corrected chi connectivity index (χ2v) is 26.4. The van der Waals surface area contributed by atoms with E-state index in [4.69, 9.17) is 4.74 Å². The van der Waals surface area contributed by atoms with Gasteiger partial charge in [-0.25, -0.2) is 0 Å². The van der Waals surface area contributed by atoms with Gasteiger partial charge in [-0.15, -0.1) is 0 Å². The van der Waals surface area contributed by atoms with E-state index in [1.54, 1.807) is 0 Å². The molecule has 0 saturated heterocycles. The lowest BCUT2D eigenvalue weighted by atomic mass is 10.0. The van der Waals surface area contributed by atoms with Crippen molar-refractivity contribution < 1.29 is 24.5 Å². The Bertz CT molecular complexity index is 1180. The number of aliphatic hydroxyl groups is 2. The molecule has 484 valence electrons. The fourth-order valence-corrected chi connectivity index (χ4v) is 12.4. The van der Waals surface area contributed by atoms with Gasteiger partial charge in [0.15, 0.2) is 0 Å². The summed E-state index contributed by atoms with van der Waals surface area (Å²) in [4.78, 5) is 24.6. The Morgan fingerprint density at radius 1 is 0.296 bits per heavy atom. The van der Waals surface area contributed by atoms with Gasteiger partial charge in [-0.05, 0) is 25.7 Å². The number of unbranched alkanes of at least 4 members (excludes halogenated alkanes) is 61. The van der Waals surface area contributed by atoms with Crippen molar-refractivity contribution in [2.75, 3.05) is 13.2 Å². The van der Waals surface area contributed by atoms with E-state index in [-0.39, 0.29) is 18.5 Å². The smallest absolute Gasteiger partial charge is 0.305 e. The highest BCUT2D eigenvalue weighted by atomic mass is 16.5. The molecule has 0 radical (unpaired) electrons. The molecule has 6 heteroatoms. The summed E-state index contributed by atoms with van der Waals surface area (Å²) < 4.78 is 5.51. The Kier molecular flexibility index (Phi) is 70.3. The predicted molar refractivity (Wildman–Crippen MR) is 357 cm³/mol. The average molecular weight is 1150 g/mol. The third-order valence-corrected chi connectivity index (χ3v) is 18.2. The Labute approximate surface area is 508 Å². The molecule has 0 heterocycles. The fraction of sp³-hybridized carbons (Fsp3) is 0.973. The van der Waals surface area contributed by atoms with E-state index in [1.165, 1.54) is 372 Å². The number of ether oxygens (including phenoxy) is 1. The van der Waals surface area contributed by atoms with Crippen LogP contribution in [0.2, 0.25) is 0 Å². The maximum absolute atomic E-state index is 12.5. The SMILES string of the molecule is CCCCCCCCCCCCCCCCCCCCC(O)C(CO)NC(=O)CCCCCCCCCCCCCCCCCCCCCCCCCCCCCCCCCOC(=O)CCCCCCCCCCCCCCCCC. The van der Waals surface area contributed by atoms with E-state index in [2.05, 4.69) is 19.2 Å². The molecule has 0 aliphatic rings. The molecule has 2 unspecified atom stereocenters. The molecule has 0 aliphatic heterocycles. The molecule has 1 amide bonds. The predicted octanol–water partition coefficient (Wildman–Crippen LogP) is 24.5. The minimum absolute atomic E-state index is 0.0250. The number of aliphatic hydroxyl groups excluding tert-OH is 2. The number of carbonyl (C=O) groups excluding carboxylic acids is 2. The van der Waals surface area contributed by atoms with Crippen LogP contribution in [0.1, 0.15) is 444 Å². The second-order valence-electron chi connectivity index (χ2n) is 26.4. The van der Waals surface area contributed by atoms with E-state index in [0.29, 0.717) is 25.9 Å². The molecule has 0 aromatic carbocycles. The first-order valence-electron chi connectivity index (χ1n) is 37.8. The van der Waals surface area contributed by atoms with Crippen molar-refractivity contribution in [1.82, 2.24) is 5.32 Å². The topological polar surface area (TPSA) is 95.9 Å². The summed E-state index contributed by atoms with van der Waals surface area (Å²) in [5, 5.41) is 23.4. The average Bonchev–Trinajstić information content (AvgIpc) is 3.47. The van der Waals surface area contributed by atoms with Crippen molar-refractivity contribution in [1.29, 1.82) is 0 Å². The quantitative estimate of drug-likeness (QED) is 0.0417. The third-order valence-electron chi connectivity index (χ3n) is 18.2. The number of nitrogens with one attached hydrogen (secondary N) is 1. The molecule has 6 nitrogen and oxygen atoms in total. The van der Waals surface area contributed by atoms with E-state index in [9.17, 15) is 19.8 Å². The normalized spacial score (nSPS) is 12.4. The number of esters is 1. The molecule has 0 aromatic heterocycles. The maximum Gasteiger partial charge on any atom is 0.305 e. The van der Waals surface area contributed by atoms with Gasteiger partial charge in [0.2, 0.25) is 5.91 Å². The zero-order valence-corrected chi connectivity index (χ0v) is 55.6. The molecule has 3 N–H and O–H groups in total. The number of amides is 1. The molecule has 0 aliphatic carbocycles. The molecule has 0 aromatic rings. The summed E-state index contributed by atoms with van der Waals surface area (Å²) in [6.07, 6.45) is 87.5. The molecule has 0 saturated carbocycles. The van der Waals surface area contributed by atoms with E-state index < -0.39 is 12.1 Å². The second kappa shape index (κ2) is 71.3. The lowest BCUT2D eigenvalue weighted by molar-refractivity contribution is -0.143. The zero-order valence-electron chi connectivity index (χ0n) is 55.6. The van der Waals surface area contributed by atoms with Crippen LogP contribution in [0, 0.1) is 0 Å². The highest BCUT2D eigenvalue weighted by molar-refractivity contribution is 5.76. The van der Waals surface area contributed by atoms with Crippen molar-refractivity contribution in [2.24, 2.45) is 0 Å². The molecule has 0 bridgehead atoms. The van der Waals surface area contributed by atoms with Gasteiger partial charge in [0.05, 0.1) is 25.4 Å². The summed E-state index contributed by atoms with van der Waals surface area (Å²) in [5.41, 5.74) is 0. The Morgan fingerprint density at radius 2 is 0.506 bits per heavy atom. The summed E-state index contributed by atoms with van der Waals surface area (Å²) in [6.45, 7) is 5.01. The van der Waals surface area contributed by atoms with Gasteiger partial charge in [-0.2, -0.15) is 0 Å². The van der Waals surface area contributed by atoms with Crippen LogP contribution in [0.5, 0.6) is 0 Å². The molecule has 0 fully saturated rings. The first-order chi connectivity index (χ1) is 40.0. The first kappa shape index (κ1) is 79.9. The molecular formula is C75H149NO5. The van der Waals surface area contributed by atoms with Crippen LogP contribution in [0.25, 0.3) is 0 Å². The van der Waals surface area contributed by atoms with E-state index >= 15 is 0 Å². The summed E-state index contributed by atoms with van der Waals surface area (Å²) in [5.74, 6) is -0.000644. The third kappa shape index (κ3) is 67.9. The molecule has 81 heavy (non-hydrogen) atoms. The van der Waals surface area contributed by atoms with Crippen LogP contribution in [0.15, 0.2) is 0 Å². The van der Waals surface area contributed by atoms with Gasteiger partial charge < -0.3 is 20.3 Å². The van der Waals surface area contributed by atoms with Crippen LogP contribution in [0.4, 0.5) is 0 Å². The Balaban J connectivity index is 3.31. The lowest BCUT2D eigenvalue weighted by Gasteiger charge is -2.22. The standard InChI is InChI=1S/C75H149NO5/c1-3-5-7-9-11-13-15-17-19-20-36-40-43-47-51-55-59-63-67-73(78)72(71-77)76-74(79)68-64-60-56-52-48-44-41-37-34-32-30-28-26-24-22-21-23-25-27-29-31-33-35-38-42-46-50-54-58-62-66-70-81-75(80)69-65-61-57-53-49-45-39-18-16-14-12-10-8-6-4-2/h72-73,77-78H,3-71H2,1-2H3,(H,76,79). The highest BCUT2D eigenvalue weighted by Gasteiger charge is 2.20. The van der Waals surface area contributed by atoms with Crippen LogP contribution in [0.3, 0.4) is 0 Å². The van der Waals surface area contributed by atoms with Crippen LogP contribution < -0.4 is 5.32 Å². The highest BCUT2D eigenvalue weighted by Crippen LogP contribution is 2.20. The first-order valence-corrected chi connectivity index (χ1v) is 37.8. The number of rotatable bonds is 72. The monoisotopic (exact) mass is 1140 g/mol. The van der Waals surface area contributed by atoms with Gasteiger partial charge in [-0.1, -0.05) is 406 Å². The minimum atomic E-state index is -0.661. The number of hydrogen-bond acceptors (Lipinski definition) is 5. The lowest BCUT2D eigenvalue weighted by Crippen LogP contribution is -2.45.